The second-order valence-electron chi connectivity index (χ2n) is 5.72. The largest absolute Gasteiger partial charge is 0.300 e. The molecule has 0 amide bonds. The van der Waals surface area contributed by atoms with Gasteiger partial charge in [0.1, 0.15) is 4.90 Å². The van der Waals surface area contributed by atoms with E-state index in [0.29, 0.717) is 23.6 Å². The summed E-state index contributed by atoms with van der Waals surface area (Å²) in [4.78, 5) is 6.76. The molecule has 0 N–H and O–H groups in total. The quantitative estimate of drug-likeness (QED) is 0.813. The van der Waals surface area contributed by atoms with Crippen LogP contribution in [-0.2, 0) is 10.0 Å². The van der Waals surface area contributed by atoms with Gasteiger partial charge in [-0.1, -0.05) is 0 Å². The lowest BCUT2D eigenvalue weighted by Gasteiger charge is -2.35. The second-order valence-corrected chi connectivity index (χ2v) is 8.57. The lowest BCUT2D eigenvalue weighted by molar-refractivity contribution is 0.168. The van der Waals surface area contributed by atoms with Crippen molar-refractivity contribution in [2.24, 2.45) is 0 Å². The maximum absolute atomic E-state index is 12.6. The van der Waals surface area contributed by atoms with Gasteiger partial charge in [-0.25, -0.2) is 8.42 Å². The maximum atomic E-state index is 12.6. The summed E-state index contributed by atoms with van der Waals surface area (Å²) in [5, 5.41) is 0. The van der Waals surface area contributed by atoms with Gasteiger partial charge in [0.15, 0.2) is 0 Å². The highest BCUT2D eigenvalue weighted by Gasteiger charge is 2.32. The van der Waals surface area contributed by atoms with Crippen LogP contribution in [0.4, 0.5) is 0 Å². The Bertz CT molecular complexity index is 594. The number of nitrogens with zero attached hydrogens (tertiary/aromatic N) is 3. The third-order valence-electron chi connectivity index (χ3n) is 4.40. The van der Waals surface area contributed by atoms with Crippen LogP contribution in [0.3, 0.4) is 0 Å². The molecule has 0 unspecified atom stereocenters. The van der Waals surface area contributed by atoms with Crippen LogP contribution >= 0.6 is 15.9 Å². The molecular weight excluding hydrogens is 354 g/mol. The molecule has 2 fully saturated rings. The van der Waals surface area contributed by atoms with Gasteiger partial charge in [-0.3, -0.25) is 4.98 Å². The van der Waals surface area contributed by atoms with Gasteiger partial charge in [0.25, 0.3) is 0 Å². The Labute approximate surface area is 134 Å². The van der Waals surface area contributed by atoms with Crippen LogP contribution in [0.1, 0.15) is 25.7 Å². The van der Waals surface area contributed by atoms with E-state index in [1.165, 1.54) is 32.1 Å². The smallest absolute Gasteiger partial charge is 0.244 e. The van der Waals surface area contributed by atoms with Crippen LogP contribution in [0.25, 0.3) is 0 Å². The molecule has 116 valence electrons. The average molecular weight is 374 g/mol. The number of halogens is 1. The third-order valence-corrected chi connectivity index (χ3v) is 6.70. The number of hydrogen-bond acceptors (Lipinski definition) is 4. The van der Waals surface area contributed by atoms with Crippen LogP contribution in [0.5, 0.6) is 0 Å². The predicted molar refractivity (Wildman–Crippen MR) is 84.5 cm³/mol. The van der Waals surface area contributed by atoms with Crippen molar-refractivity contribution in [3.63, 3.8) is 0 Å². The van der Waals surface area contributed by atoms with Gasteiger partial charge >= 0.3 is 0 Å². The molecule has 3 rings (SSSR count). The molecule has 0 saturated carbocycles. The molecule has 0 aromatic carbocycles. The van der Waals surface area contributed by atoms with E-state index in [0.717, 1.165) is 12.8 Å². The summed E-state index contributed by atoms with van der Waals surface area (Å²) < 4.78 is 27.5. The van der Waals surface area contributed by atoms with Crippen molar-refractivity contribution in [1.29, 1.82) is 0 Å². The first-order valence-electron chi connectivity index (χ1n) is 7.42. The summed E-state index contributed by atoms with van der Waals surface area (Å²) in [6.07, 6.45) is 7.44. The van der Waals surface area contributed by atoms with Gasteiger partial charge in [0, 0.05) is 36.0 Å². The minimum atomic E-state index is -3.41. The summed E-state index contributed by atoms with van der Waals surface area (Å²) >= 11 is 3.28. The molecule has 7 heteroatoms. The SMILES string of the molecule is O=S(=O)(c1cncc(Br)c1)N1CCC(N2CCCC2)CC1. The normalized spacial score (nSPS) is 22.7. The molecule has 3 heterocycles. The van der Waals surface area contributed by atoms with Crippen molar-refractivity contribution in [1.82, 2.24) is 14.2 Å². The molecule has 1 aromatic rings. The molecule has 2 aliphatic rings. The number of sulfonamides is 1. The lowest BCUT2D eigenvalue weighted by atomic mass is 10.1. The fourth-order valence-electron chi connectivity index (χ4n) is 3.24. The fourth-order valence-corrected chi connectivity index (χ4v) is 5.21. The predicted octanol–water partition coefficient (Wildman–Crippen LogP) is 2.09. The van der Waals surface area contributed by atoms with E-state index in [4.69, 9.17) is 0 Å². The molecule has 5 nitrogen and oxygen atoms in total. The Morgan fingerprint density at radius 3 is 2.38 bits per heavy atom. The van der Waals surface area contributed by atoms with Crippen LogP contribution in [0.2, 0.25) is 0 Å². The van der Waals surface area contributed by atoms with E-state index < -0.39 is 10.0 Å². The summed E-state index contributed by atoms with van der Waals surface area (Å²) in [5.74, 6) is 0. The van der Waals surface area contributed by atoms with E-state index in [1.54, 1.807) is 16.6 Å². The molecule has 0 aliphatic carbocycles. The molecule has 0 atom stereocenters. The molecule has 0 spiro atoms. The minimum Gasteiger partial charge on any atom is -0.300 e. The minimum absolute atomic E-state index is 0.275. The Morgan fingerprint density at radius 2 is 1.76 bits per heavy atom. The van der Waals surface area contributed by atoms with Crippen LogP contribution in [0, 0.1) is 0 Å². The number of likely N-dealkylation sites (tertiary alicyclic amines) is 1. The van der Waals surface area contributed by atoms with E-state index >= 15 is 0 Å². The standard InChI is InChI=1S/C14H20BrN3O2S/c15-12-9-14(11-16-10-12)21(19,20)18-7-3-13(4-8-18)17-5-1-2-6-17/h9-11,13H,1-8H2. The zero-order valence-corrected chi connectivity index (χ0v) is 14.3. The van der Waals surface area contributed by atoms with Crippen molar-refractivity contribution < 1.29 is 8.42 Å². The van der Waals surface area contributed by atoms with Crippen molar-refractivity contribution in [2.45, 2.75) is 36.6 Å². The Balaban J connectivity index is 1.68. The molecule has 0 radical (unpaired) electrons. The van der Waals surface area contributed by atoms with Crippen LogP contribution < -0.4 is 0 Å². The number of pyridine rings is 1. The monoisotopic (exact) mass is 373 g/mol. The Hall–Kier alpha value is -0.500. The number of rotatable bonds is 3. The molecule has 21 heavy (non-hydrogen) atoms. The lowest BCUT2D eigenvalue weighted by Crippen LogP contribution is -2.45. The summed E-state index contributed by atoms with van der Waals surface area (Å²) in [5.41, 5.74) is 0. The van der Waals surface area contributed by atoms with Gasteiger partial charge in [-0.15, -0.1) is 0 Å². The fraction of sp³-hybridized carbons (Fsp3) is 0.643. The number of hydrogen-bond donors (Lipinski definition) is 0. The second kappa shape index (κ2) is 6.32. The highest BCUT2D eigenvalue weighted by atomic mass is 79.9. The van der Waals surface area contributed by atoms with E-state index in [2.05, 4.69) is 25.8 Å². The summed E-state index contributed by atoms with van der Waals surface area (Å²) in [6, 6.07) is 2.18. The molecule has 2 saturated heterocycles. The first-order chi connectivity index (χ1) is 10.1. The van der Waals surface area contributed by atoms with Gasteiger partial charge in [-0.2, -0.15) is 4.31 Å². The maximum Gasteiger partial charge on any atom is 0.244 e. The highest BCUT2D eigenvalue weighted by Crippen LogP contribution is 2.25. The molecular formula is C14H20BrN3O2S. The van der Waals surface area contributed by atoms with E-state index in [9.17, 15) is 8.42 Å². The highest BCUT2D eigenvalue weighted by molar-refractivity contribution is 9.10. The van der Waals surface area contributed by atoms with Gasteiger partial charge in [0.2, 0.25) is 10.0 Å². The molecule has 0 bridgehead atoms. The van der Waals surface area contributed by atoms with Crippen LogP contribution in [0.15, 0.2) is 27.8 Å². The van der Waals surface area contributed by atoms with Crippen molar-refractivity contribution in [3.8, 4) is 0 Å². The van der Waals surface area contributed by atoms with Gasteiger partial charge < -0.3 is 4.90 Å². The number of aromatic nitrogens is 1. The molecule has 1 aromatic heterocycles. The third kappa shape index (κ3) is 3.31. The summed E-state index contributed by atoms with van der Waals surface area (Å²) in [6.45, 7) is 3.56. The Kier molecular flexibility index (Phi) is 4.63. The Morgan fingerprint density at radius 1 is 1.10 bits per heavy atom. The van der Waals surface area contributed by atoms with E-state index in [1.807, 2.05) is 0 Å². The average Bonchev–Trinajstić information content (AvgIpc) is 3.02. The van der Waals surface area contributed by atoms with Crippen LogP contribution in [-0.4, -0.2) is 54.8 Å². The van der Waals surface area contributed by atoms with Gasteiger partial charge in [-0.05, 0) is 60.8 Å². The van der Waals surface area contributed by atoms with E-state index in [-0.39, 0.29) is 4.90 Å². The zero-order valence-electron chi connectivity index (χ0n) is 11.9. The van der Waals surface area contributed by atoms with Gasteiger partial charge in [0.05, 0.1) is 0 Å². The first kappa shape index (κ1) is 15.4. The summed E-state index contributed by atoms with van der Waals surface area (Å²) in [7, 11) is -3.41. The zero-order chi connectivity index (χ0) is 14.9. The van der Waals surface area contributed by atoms with Crippen molar-refractivity contribution in [2.75, 3.05) is 26.2 Å². The van der Waals surface area contributed by atoms with Crippen molar-refractivity contribution in [3.05, 3.63) is 22.9 Å². The molecule has 2 aliphatic heterocycles. The van der Waals surface area contributed by atoms with Crippen molar-refractivity contribution >= 4 is 26.0 Å². The number of piperidine rings is 1. The first-order valence-corrected chi connectivity index (χ1v) is 9.65. The topological polar surface area (TPSA) is 53.5 Å².